The average molecular weight is 327 g/mol. The number of esters is 1. The Morgan fingerprint density at radius 3 is 2.46 bits per heavy atom. The minimum Gasteiger partial charge on any atom is -0.459 e. The smallest absolute Gasteiger partial charge is 0.338 e. The molecule has 0 bridgehead atoms. The van der Waals surface area contributed by atoms with Gasteiger partial charge in [0.05, 0.1) is 11.7 Å². The van der Waals surface area contributed by atoms with E-state index in [0.717, 1.165) is 11.1 Å². The van der Waals surface area contributed by atoms with E-state index in [9.17, 15) is 9.90 Å². The summed E-state index contributed by atoms with van der Waals surface area (Å²) in [5, 5.41) is 13.3. The molecule has 2 aromatic rings. The Bertz CT molecular complexity index is 653. The predicted octanol–water partition coefficient (Wildman–Crippen LogP) is 3.28. The molecule has 0 heterocycles. The molecule has 0 aromatic heterocycles. The lowest BCUT2D eigenvalue weighted by atomic mass is 10.0. The summed E-state index contributed by atoms with van der Waals surface area (Å²) in [5.74, 6) is -0.445. The second-order valence-corrected chi connectivity index (χ2v) is 5.24. The number of carbonyl (C=O) groups is 1. The molecule has 0 saturated heterocycles. The van der Waals surface area contributed by atoms with Gasteiger partial charge in [0.1, 0.15) is 13.7 Å². The summed E-state index contributed by atoms with van der Waals surface area (Å²) in [4.78, 5) is 16.5. The molecule has 0 aliphatic carbocycles. The van der Waals surface area contributed by atoms with Crippen LogP contribution in [0.2, 0.25) is 0 Å². The molecule has 0 fully saturated rings. The number of benzene rings is 2. The van der Waals surface area contributed by atoms with Crippen molar-refractivity contribution in [3.63, 3.8) is 0 Å². The lowest BCUT2D eigenvalue weighted by Crippen LogP contribution is -2.18. The number of aliphatic hydroxyl groups is 1. The fourth-order valence-corrected chi connectivity index (χ4v) is 2.16. The van der Waals surface area contributed by atoms with Gasteiger partial charge in [-0.3, -0.25) is 0 Å². The van der Waals surface area contributed by atoms with Crippen LogP contribution >= 0.6 is 0 Å². The van der Waals surface area contributed by atoms with Crippen LogP contribution in [0, 0.1) is 0 Å². The standard InChI is InChI=1S/C19H21NO4/c1-23-20-13-5-8-18(21)14-24-19(22)17-11-9-16(10-12-17)15-6-3-2-4-7-15/h2-4,6-7,9-13,18,21H,5,8,14H2,1H3/b20-13-/t18-/m0/s1. The molecule has 0 radical (unpaired) electrons. The molecule has 126 valence electrons. The Balaban J connectivity index is 1.83. The van der Waals surface area contributed by atoms with Crippen molar-refractivity contribution in [1.82, 2.24) is 0 Å². The van der Waals surface area contributed by atoms with Gasteiger partial charge in [0.2, 0.25) is 0 Å². The summed E-state index contributed by atoms with van der Waals surface area (Å²) in [6.07, 6.45) is 1.85. The predicted molar refractivity (Wildman–Crippen MR) is 92.9 cm³/mol. The van der Waals surface area contributed by atoms with Crippen molar-refractivity contribution in [2.45, 2.75) is 18.9 Å². The molecule has 0 aliphatic rings. The molecule has 2 aromatic carbocycles. The zero-order valence-corrected chi connectivity index (χ0v) is 13.6. The molecule has 0 unspecified atom stereocenters. The van der Waals surface area contributed by atoms with Crippen molar-refractivity contribution in [2.75, 3.05) is 13.7 Å². The fourth-order valence-electron chi connectivity index (χ4n) is 2.16. The van der Waals surface area contributed by atoms with Crippen molar-refractivity contribution < 1.29 is 19.5 Å². The third-order valence-electron chi connectivity index (χ3n) is 3.44. The highest BCUT2D eigenvalue weighted by atomic mass is 16.6. The van der Waals surface area contributed by atoms with Crippen LogP contribution in [0.4, 0.5) is 0 Å². The number of carbonyl (C=O) groups excluding carboxylic acids is 1. The van der Waals surface area contributed by atoms with Gasteiger partial charge in [0.25, 0.3) is 0 Å². The molecule has 24 heavy (non-hydrogen) atoms. The Morgan fingerprint density at radius 2 is 1.79 bits per heavy atom. The number of rotatable bonds is 8. The van der Waals surface area contributed by atoms with E-state index in [0.29, 0.717) is 18.4 Å². The molecular weight excluding hydrogens is 306 g/mol. The van der Waals surface area contributed by atoms with Crippen LogP contribution < -0.4 is 0 Å². The quantitative estimate of drug-likeness (QED) is 0.459. The number of oxime groups is 1. The Hall–Kier alpha value is -2.66. The summed E-state index contributed by atoms with van der Waals surface area (Å²) in [6.45, 7) is -0.0416. The third kappa shape index (κ3) is 5.52. The second kappa shape index (κ2) is 9.47. The van der Waals surface area contributed by atoms with Crippen LogP contribution in [0.5, 0.6) is 0 Å². The molecule has 1 atom stereocenters. The average Bonchev–Trinajstić information content (AvgIpc) is 2.64. The number of aliphatic hydroxyl groups excluding tert-OH is 1. The van der Waals surface area contributed by atoms with Crippen LogP contribution in [0.3, 0.4) is 0 Å². The molecule has 5 nitrogen and oxygen atoms in total. The number of hydrogen-bond acceptors (Lipinski definition) is 5. The Kier molecular flexibility index (Phi) is 6.98. The van der Waals surface area contributed by atoms with E-state index in [1.165, 1.54) is 7.11 Å². The largest absolute Gasteiger partial charge is 0.459 e. The first-order chi connectivity index (χ1) is 11.7. The molecule has 0 aliphatic heterocycles. The van der Waals surface area contributed by atoms with Crippen molar-refractivity contribution >= 4 is 12.2 Å². The highest BCUT2D eigenvalue weighted by molar-refractivity contribution is 5.90. The fraction of sp³-hybridized carbons (Fsp3) is 0.263. The molecule has 1 N–H and O–H groups in total. The van der Waals surface area contributed by atoms with Crippen LogP contribution in [-0.4, -0.2) is 37.1 Å². The minimum absolute atomic E-state index is 0.0416. The molecule has 0 saturated carbocycles. The van der Waals surface area contributed by atoms with Gasteiger partial charge in [-0.25, -0.2) is 4.79 Å². The highest BCUT2D eigenvalue weighted by Crippen LogP contribution is 2.19. The lowest BCUT2D eigenvalue weighted by Gasteiger charge is -2.10. The van der Waals surface area contributed by atoms with Gasteiger partial charge < -0.3 is 14.7 Å². The van der Waals surface area contributed by atoms with Gasteiger partial charge in [-0.1, -0.05) is 47.6 Å². The maximum Gasteiger partial charge on any atom is 0.338 e. The first-order valence-corrected chi connectivity index (χ1v) is 7.76. The zero-order chi connectivity index (χ0) is 17.2. The summed E-state index contributed by atoms with van der Waals surface area (Å²) in [6, 6.07) is 17.1. The summed E-state index contributed by atoms with van der Waals surface area (Å²) in [5.41, 5.74) is 2.58. The molecular formula is C19H21NO4. The number of ether oxygens (including phenoxy) is 1. The van der Waals surface area contributed by atoms with Crippen molar-refractivity contribution in [3.05, 3.63) is 60.2 Å². The Labute approximate surface area is 141 Å². The van der Waals surface area contributed by atoms with E-state index >= 15 is 0 Å². The lowest BCUT2D eigenvalue weighted by molar-refractivity contribution is 0.0244. The topological polar surface area (TPSA) is 68.1 Å². The van der Waals surface area contributed by atoms with Crippen LogP contribution in [0.1, 0.15) is 23.2 Å². The normalized spacial score (nSPS) is 12.1. The molecule has 0 amide bonds. The zero-order valence-electron chi connectivity index (χ0n) is 13.6. The Morgan fingerprint density at radius 1 is 1.12 bits per heavy atom. The van der Waals surface area contributed by atoms with Crippen molar-refractivity contribution in [3.8, 4) is 11.1 Å². The maximum atomic E-state index is 12.0. The summed E-state index contributed by atoms with van der Waals surface area (Å²) < 4.78 is 5.13. The van der Waals surface area contributed by atoms with Gasteiger partial charge in [0, 0.05) is 6.21 Å². The monoisotopic (exact) mass is 327 g/mol. The minimum atomic E-state index is -0.721. The van der Waals surface area contributed by atoms with Crippen molar-refractivity contribution in [1.29, 1.82) is 0 Å². The van der Waals surface area contributed by atoms with Gasteiger partial charge >= 0.3 is 5.97 Å². The number of nitrogens with zero attached hydrogens (tertiary/aromatic N) is 1. The van der Waals surface area contributed by atoms with E-state index < -0.39 is 12.1 Å². The van der Waals surface area contributed by atoms with E-state index in [1.54, 1.807) is 18.3 Å². The highest BCUT2D eigenvalue weighted by Gasteiger charge is 2.11. The molecule has 5 heteroatoms. The van der Waals surface area contributed by atoms with Gasteiger partial charge in [0.15, 0.2) is 0 Å². The summed E-state index contributed by atoms with van der Waals surface area (Å²) >= 11 is 0. The van der Waals surface area contributed by atoms with E-state index in [1.807, 2.05) is 42.5 Å². The second-order valence-electron chi connectivity index (χ2n) is 5.24. The number of hydrogen-bond donors (Lipinski definition) is 1. The van der Waals surface area contributed by atoms with Gasteiger partial charge in [-0.15, -0.1) is 0 Å². The first kappa shape index (κ1) is 17.7. The van der Waals surface area contributed by atoms with E-state index in [4.69, 9.17) is 4.74 Å². The molecule has 0 spiro atoms. The third-order valence-corrected chi connectivity index (χ3v) is 3.44. The first-order valence-electron chi connectivity index (χ1n) is 7.76. The van der Waals surface area contributed by atoms with Crippen LogP contribution in [0.25, 0.3) is 11.1 Å². The van der Waals surface area contributed by atoms with E-state index in [2.05, 4.69) is 9.99 Å². The maximum absolute atomic E-state index is 12.0. The van der Waals surface area contributed by atoms with Gasteiger partial charge in [-0.05, 0) is 36.1 Å². The van der Waals surface area contributed by atoms with Gasteiger partial charge in [-0.2, -0.15) is 0 Å². The van der Waals surface area contributed by atoms with E-state index in [-0.39, 0.29) is 6.61 Å². The van der Waals surface area contributed by atoms with Crippen molar-refractivity contribution in [2.24, 2.45) is 5.16 Å². The molecule has 2 rings (SSSR count). The van der Waals surface area contributed by atoms with Crippen LogP contribution in [0.15, 0.2) is 59.8 Å². The van der Waals surface area contributed by atoms with Crippen LogP contribution in [-0.2, 0) is 9.57 Å². The summed E-state index contributed by atoms with van der Waals surface area (Å²) in [7, 11) is 1.46. The SMILES string of the molecule is CO/N=C\CC[C@H](O)COC(=O)c1ccc(-c2ccccc2)cc1.